The molecular weight excluding hydrogens is 531 g/mol. The zero-order valence-corrected chi connectivity index (χ0v) is 22.8. The number of morpholine rings is 1. The molecule has 0 aliphatic carbocycles. The molecule has 0 amide bonds. The molecule has 2 aromatic rings. The normalized spacial score (nSPS) is 19.0. The standard InChI is InChI=1S/C25H38N4O3.HI/c1-6-26-24(28-17-25(5,30)23-12-18(2)32-20(23)4)27-14-21-8-7-9-22(13-21)16-29-10-11-31-19(3)15-29;/h7-9,12-13,19,30H,6,10-11,14-17H2,1-5H3,(H2,26,27,28);1H. The molecule has 0 radical (unpaired) electrons. The van der Waals surface area contributed by atoms with Crippen LogP contribution < -0.4 is 10.6 Å². The predicted molar refractivity (Wildman–Crippen MR) is 143 cm³/mol. The number of rotatable bonds is 8. The van der Waals surface area contributed by atoms with Crippen molar-refractivity contribution in [2.75, 3.05) is 32.8 Å². The molecule has 1 aromatic heterocycles. The van der Waals surface area contributed by atoms with E-state index in [1.165, 1.54) is 5.56 Å². The van der Waals surface area contributed by atoms with E-state index >= 15 is 0 Å². The summed E-state index contributed by atoms with van der Waals surface area (Å²) in [5, 5.41) is 17.5. The van der Waals surface area contributed by atoms with E-state index in [-0.39, 0.29) is 30.1 Å². The lowest BCUT2D eigenvalue weighted by Crippen LogP contribution is -2.44. The summed E-state index contributed by atoms with van der Waals surface area (Å²) in [6, 6.07) is 10.5. The highest BCUT2D eigenvalue weighted by atomic mass is 127. The summed E-state index contributed by atoms with van der Waals surface area (Å²) in [6.45, 7) is 15.0. The fourth-order valence-corrected chi connectivity index (χ4v) is 4.15. The molecule has 3 N–H and O–H groups in total. The van der Waals surface area contributed by atoms with Crippen LogP contribution in [-0.4, -0.2) is 54.9 Å². The molecular formula is C25H39IN4O3. The number of furan rings is 1. The second-order valence-corrected chi connectivity index (χ2v) is 8.89. The van der Waals surface area contributed by atoms with E-state index in [4.69, 9.17) is 14.1 Å². The Balaban J connectivity index is 0.00000385. The number of hydrogen-bond donors (Lipinski definition) is 3. The maximum atomic E-state index is 11.0. The highest BCUT2D eigenvalue weighted by Crippen LogP contribution is 2.26. The summed E-state index contributed by atoms with van der Waals surface area (Å²) in [5.41, 5.74) is 2.18. The highest BCUT2D eigenvalue weighted by molar-refractivity contribution is 14.0. The van der Waals surface area contributed by atoms with Crippen molar-refractivity contribution in [2.24, 2.45) is 4.99 Å². The number of aliphatic imine (C=N–C) groups is 1. The van der Waals surface area contributed by atoms with Crippen molar-refractivity contribution in [3.05, 3.63) is 58.5 Å². The number of nitrogens with zero attached hydrogens (tertiary/aromatic N) is 2. The second kappa shape index (κ2) is 12.7. The Morgan fingerprint density at radius 3 is 2.67 bits per heavy atom. The summed E-state index contributed by atoms with van der Waals surface area (Å²) in [6.07, 6.45) is 0.289. The predicted octanol–water partition coefficient (Wildman–Crippen LogP) is 3.70. The lowest BCUT2D eigenvalue weighted by Gasteiger charge is -2.31. The van der Waals surface area contributed by atoms with E-state index in [1.54, 1.807) is 6.92 Å². The van der Waals surface area contributed by atoms with Gasteiger partial charge >= 0.3 is 0 Å². The van der Waals surface area contributed by atoms with Crippen molar-refractivity contribution < 1.29 is 14.3 Å². The lowest BCUT2D eigenvalue weighted by molar-refractivity contribution is -0.0212. The van der Waals surface area contributed by atoms with Crippen molar-refractivity contribution in [1.82, 2.24) is 15.5 Å². The first-order valence-corrected chi connectivity index (χ1v) is 11.5. The van der Waals surface area contributed by atoms with Gasteiger partial charge in [-0.3, -0.25) is 4.90 Å². The van der Waals surface area contributed by atoms with Gasteiger partial charge in [0.25, 0.3) is 0 Å². The second-order valence-electron chi connectivity index (χ2n) is 8.89. The van der Waals surface area contributed by atoms with Crippen molar-refractivity contribution in [3.63, 3.8) is 0 Å². The molecule has 1 saturated heterocycles. The minimum atomic E-state index is -1.06. The van der Waals surface area contributed by atoms with Crippen molar-refractivity contribution in [2.45, 2.75) is 59.4 Å². The third-order valence-electron chi connectivity index (χ3n) is 5.71. The van der Waals surface area contributed by atoms with Gasteiger partial charge in [-0.25, -0.2) is 4.99 Å². The number of ether oxygens (including phenoxy) is 1. The first-order valence-electron chi connectivity index (χ1n) is 11.5. The molecule has 0 spiro atoms. The van der Waals surface area contributed by atoms with Gasteiger partial charge in [-0.05, 0) is 51.8 Å². The number of benzene rings is 1. The zero-order valence-electron chi connectivity index (χ0n) is 20.5. The van der Waals surface area contributed by atoms with E-state index in [9.17, 15) is 5.11 Å². The molecule has 7 nitrogen and oxygen atoms in total. The number of halogens is 1. The monoisotopic (exact) mass is 570 g/mol. The minimum Gasteiger partial charge on any atom is -0.466 e. The SMILES string of the molecule is CCNC(=NCc1cccc(CN2CCOC(C)C2)c1)NCC(C)(O)c1cc(C)oc1C.I. The van der Waals surface area contributed by atoms with E-state index in [0.717, 1.165) is 55.4 Å². The number of hydrogen-bond acceptors (Lipinski definition) is 5. The molecule has 33 heavy (non-hydrogen) atoms. The Morgan fingerprint density at radius 1 is 1.24 bits per heavy atom. The molecule has 2 atom stereocenters. The van der Waals surface area contributed by atoms with Crippen LogP contribution in [0.2, 0.25) is 0 Å². The van der Waals surface area contributed by atoms with Crippen molar-refractivity contribution in [3.8, 4) is 0 Å². The Labute approximate surface area is 215 Å². The van der Waals surface area contributed by atoms with E-state index < -0.39 is 5.60 Å². The number of nitrogens with one attached hydrogen (secondary N) is 2. The van der Waals surface area contributed by atoms with Crippen LogP contribution in [0, 0.1) is 13.8 Å². The van der Waals surface area contributed by atoms with E-state index in [0.29, 0.717) is 19.0 Å². The molecule has 0 bridgehead atoms. The van der Waals surface area contributed by atoms with Crippen LogP contribution in [0.1, 0.15) is 49.0 Å². The van der Waals surface area contributed by atoms with Gasteiger partial charge in [0.2, 0.25) is 0 Å². The Hall–Kier alpha value is -1.62. The average molecular weight is 571 g/mol. The van der Waals surface area contributed by atoms with Crippen molar-refractivity contribution in [1.29, 1.82) is 0 Å². The largest absolute Gasteiger partial charge is 0.466 e. The first kappa shape index (κ1) is 27.6. The van der Waals surface area contributed by atoms with Gasteiger partial charge in [0.1, 0.15) is 17.1 Å². The quantitative estimate of drug-likeness (QED) is 0.255. The lowest BCUT2D eigenvalue weighted by atomic mass is 9.96. The van der Waals surface area contributed by atoms with Gasteiger partial charge < -0.3 is 24.9 Å². The van der Waals surface area contributed by atoms with Gasteiger partial charge in [-0.2, -0.15) is 0 Å². The van der Waals surface area contributed by atoms with Gasteiger partial charge in [-0.15, -0.1) is 24.0 Å². The van der Waals surface area contributed by atoms with Gasteiger partial charge in [0.05, 0.1) is 25.8 Å². The number of aliphatic hydroxyl groups is 1. The summed E-state index contributed by atoms with van der Waals surface area (Å²) in [5.74, 6) is 2.21. The maximum absolute atomic E-state index is 11.0. The molecule has 184 valence electrons. The van der Waals surface area contributed by atoms with E-state index in [1.807, 2.05) is 26.8 Å². The third kappa shape index (κ3) is 8.27. The molecule has 2 heterocycles. The van der Waals surface area contributed by atoms with Crippen LogP contribution in [0.5, 0.6) is 0 Å². The van der Waals surface area contributed by atoms with Crippen LogP contribution in [0.15, 0.2) is 39.7 Å². The molecule has 1 aromatic carbocycles. The summed E-state index contributed by atoms with van der Waals surface area (Å²) >= 11 is 0. The molecule has 8 heteroatoms. The topological polar surface area (TPSA) is 82.3 Å². The fraction of sp³-hybridized carbons (Fsp3) is 0.560. The average Bonchev–Trinajstić information content (AvgIpc) is 3.09. The highest BCUT2D eigenvalue weighted by Gasteiger charge is 2.28. The van der Waals surface area contributed by atoms with E-state index in [2.05, 4.69) is 46.7 Å². The molecule has 1 aliphatic heterocycles. The Bertz CT molecular complexity index is 913. The molecule has 3 rings (SSSR count). The molecule has 1 fully saturated rings. The first-order chi connectivity index (χ1) is 15.3. The third-order valence-corrected chi connectivity index (χ3v) is 5.71. The molecule has 0 saturated carbocycles. The van der Waals surface area contributed by atoms with Crippen LogP contribution >= 0.6 is 24.0 Å². The van der Waals surface area contributed by atoms with Gasteiger partial charge in [-0.1, -0.05) is 24.3 Å². The molecule has 2 unspecified atom stereocenters. The summed E-state index contributed by atoms with van der Waals surface area (Å²) in [7, 11) is 0. The van der Waals surface area contributed by atoms with Crippen molar-refractivity contribution >= 4 is 29.9 Å². The Kier molecular flexibility index (Phi) is 10.7. The van der Waals surface area contributed by atoms with Gasteiger partial charge in [0, 0.05) is 31.7 Å². The maximum Gasteiger partial charge on any atom is 0.191 e. The van der Waals surface area contributed by atoms with Gasteiger partial charge in [0.15, 0.2) is 5.96 Å². The zero-order chi connectivity index (χ0) is 23.1. The summed E-state index contributed by atoms with van der Waals surface area (Å²) < 4.78 is 11.2. The number of aryl methyl sites for hydroxylation is 2. The van der Waals surface area contributed by atoms with Crippen LogP contribution in [0.4, 0.5) is 0 Å². The van der Waals surface area contributed by atoms with Crippen LogP contribution in [0.25, 0.3) is 0 Å². The molecule has 1 aliphatic rings. The van der Waals surface area contributed by atoms with Crippen LogP contribution in [-0.2, 0) is 23.4 Å². The Morgan fingerprint density at radius 2 is 2.00 bits per heavy atom. The smallest absolute Gasteiger partial charge is 0.191 e. The number of guanidine groups is 1. The minimum absolute atomic E-state index is 0. The fourth-order valence-electron chi connectivity index (χ4n) is 4.15. The summed E-state index contributed by atoms with van der Waals surface area (Å²) in [4.78, 5) is 7.17. The van der Waals surface area contributed by atoms with Crippen LogP contribution in [0.3, 0.4) is 0 Å².